The topological polar surface area (TPSA) is 27.7 Å². The van der Waals surface area contributed by atoms with Gasteiger partial charge in [0.05, 0.1) is 12.2 Å². The van der Waals surface area contributed by atoms with Gasteiger partial charge in [-0.3, -0.25) is 0 Å². The van der Waals surface area contributed by atoms with E-state index in [0.29, 0.717) is 0 Å². The molecule has 0 aliphatic rings. The molecule has 1 aromatic rings. The Morgan fingerprint density at radius 2 is 1.60 bits per heavy atom. The third kappa shape index (κ3) is 7.51. The maximum atomic E-state index is 5.66. The molecule has 0 aromatic heterocycles. The molecular weight excluding hydrogens is 252 g/mol. The summed E-state index contributed by atoms with van der Waals surface area (Å²) in [5, 5.41) is 0. The molecule has 0 spiro atoms. The van der Waals surface area contributed by atoms with Gasteiger partial charge in [0.1, 0.15) is 5.75 Å². The number of rotatable bonds is 10. The van der Waals surface area contributed by atoms with Gasteiger partial charge in [-0.05, 0) is 52.2 Å². The Balaban J connectivity index is 1.96. The fraction of sp³-hybridized carbons (Fsp3) is 0.647. The predicted octanol–water partition coefficient (Wildman–Crippen LogP) is 3.99. The largest absolute Gasteiger partial charge is 0.494 e. The number of hydrogen-bond donors (Lipinski definition) is 0. The molecule has 0 N–H and O–H groups in total. The second-order valence-corrected chi connectivity index (χ2v) is 5.69. The highest BCUT2D eigenvalue weighted by atomic mass is 16.5. The van der Waals surface area contributed by atoms with Crippen molar-refractivity contribution < 1.29 is 14.2 Å². The van der Waals surface area contributed by atoms with Crippen LogP contribution in [0.15, 0.2) is 24.3 Å². The van der Waals surface area contributed by atoms with Crippen LogP contribution in [0.4, 0.5) is 0 Å². The lowest BCUT2D eigenvalue weighted by molar-refractivity contribution is -0.0103. The lowest BCUT2D eigenvalue weighted by Crippen LogP contribution is -2.24. The first-order valence-corrected chi connectivity index (χ1v) is 7.36. The summed E-state index contributed by atoms with van der Waals surface area (Å²) in [6.45, 7) is 8.51. The van der Waals surface area contributed by atoms with Gasteiger partial charge in [-0.15, -0.1) is 0 Å². The average Bonchev–Trinajstić information content (AvgIpc) is 2.43. The Morgan fingerprint density at radius 1 is 0.950 bits per heavy atom. The van der Waals surface area contributed by atoms with Crippen molar-refractivity contribution in [1.82, 2.24) is 0 Å². The summed E-state index contributed by atoms with van der Waals surface area (Å²) in [5.41, 5.74) is 1.17. The van der Waals surface area contributed by atoms with Crippen molar-refractivity contribution in [2.75, 3.05) is 26.9 Å². The van der Waals surface area contributed by atoms with Gasteiger partial charge in [0.25, 0.3) is 0 Å². The van der Waals surface area contributed by atoms with Crippen LogP contribution in [0, 0.1) is 6.92 Å². The zero-order chi connectivity index (χ0) is 14.8. The van der Waals surface area contributed by atoms with E-state index in [1.807, 2.05) is 12.1 Å². The minimum Gasteiger partial charge on any atom is -0.494 e. The second kappa shape index (κ2) is 8.98. The molecule has 0 aliphatic carbocycles. The van der Waals surface area contributed by atoms with Gasteiger partial charge in [-0.1, -0.05) is 17.7 Å². The van der Waals surface area contributed by atoms with Gasteiger partial charge < -0.3 is 14.2 Å². The molecule has 0 fully saturated rings. The molecule has 114 valence electrons. The van der Waals surface area contributed by atoms with Crippen LogP contribution in [0.2, 0.25) is 0 Å². The number of hydrogen-bond acceptors (Lipinski definition) is 3. The van der Waals surface area contributed by atoms with Crippen LogP contribution in [0.5, 0.6) is 5.75 Å². The van der Waals surface area contributed by atoms with E-state index in [9.17, 15) is 0 Å². The Kier molecular flexibility index (Phi) is 7.63. The molecular formula is C17H28O3. The monoisotopic (exact) mass is 280 g/mol. The highest BCUT2D eigenvalue weighted by Crippen LogP contribution is 2.13. The molecule has 1 aromatic carbocycles. The van der Waals surface area contributed by atoms with E-state index >= 15 is 0 Å². The van der Waals surface area contributed by atoms with Crippen LogP contribution < -0.4 is 4.74 Å². The summed E-state index contributed by atoms with van der Waals surface area (Å²) in [5.74, 6) is 0.943. The molecule has 3 nitrogen and oxygen atoms in total. The van der Waals surface area contributed by atoms with Gasteiger partial charge in [-0.2, -0.15) is 0 Å². The summed E-state index contributed by atoms with van der Waals surface area (Å²) in [4.78, 5) is 0. The number of aryl methyl sites for hydroxylation is 1. The Hall–Kier alpha value is -1.06. The quantitative estimate of drug-likeness (QED) is 0.607. The minimum atomic E-state index is -0.0887. The van der Waals surface area contributed by atoms with Crippen molar-refractivity contribution in [3.8, 4) is 5.75 Å². The highest BCUT2D eigenvalue weighted by molar-refractivity contribution is 5.26. The SMILES string of the molecule is COC(C)(C)CCOCCCCOc1ccc(C)cc1. The van der Waals surface area contributed by atoms with Crippen LogP contribution in [-0.2, 0) is 9.47 Å². The molecule has 0 saturated carbocycles. The van der Waals surface area contributed by atoms with Crippen molar-refractivity contribution in [3.05, 3.63) is 29.8 Å². The van der Waals surface area contributed by atoms with Crippen molar-refractivity contribution >= 4 is 0 Å². The van der Waals surface area contributed by atoms with Crippen LogP contribution in [0.3, 0.4) is 0 Å². The van der Waals surface area contributed by atoms with Crippen molar-refractivity contribution in [2.24, 2.45) is 0 Å². The van der Waals surface area contributed by atoms with Crippen molar-refractivity contribution in [3.63, 3.8) is 0 Å². The van der Waals surface area contributed by atoms with E-state index in [1.54, 1.807) is 7.11 Å². The normalized spacial score (nSPS) is 11.6. The molecule has 0 bridgehead atoms. The first-order valence-electron chi connectivity index (χ1n) is 7.36. The zero-order valence-corrected chi connectivity index (χ0v) is 13.3. The molecule has 0 atom stereocenters. The number of unbranched alkanes of at least 4 members (excludes halogenated alkanes) is 1. The van der Waals surface area contributed by atoms with Crippen LogP contribution in [0.1, 0.15) is 38.7 Å². The van der Waals surface area contributed by atoms with Crippen LogP contribution >= 0.6 is 0 Å². The van der Waals surface area contributed by atoms with E-state index in [0.717, 1.165) is 44.8 Å². The Morgan fingerprint density at radius 3 is 2.25 bits per heavy atom. The van der Waals surface area contributed by atoms with Gasteiger partial charge >= 0.3 is 0 Å². The predicted molar refractivity (Wildman–Crippen MR) is 82.4 cm³/mol. The van der Waals surface area contributed by atoms with Crippen molar-refractivity contribution in [2.45, 2.75) is 45.6 Å². The third-order valence-electron chi connectivity index (χ3n) is 3.37. The molecule has 0 unspecified atom stereocenters. The Labute approximate surface area is 123 Å². The fourth-order valence-electron chi connectivity index (χ4n) is 1.65. The van der Waals surface area contributed by atoms with Gasteiger partial charge in [0.2, 0.25) is 0 Å². The fourth-order valence-corrected chi connectivity index (χ4v) is 1.65. The maximum Gasteiger partial charge on any atom is 0.119 e. The van der Waals surface area contributed by atoms with E-state index < -0.39 is 0 Å². The minimum absolute atomic E-state index is 0.0887. The zero-order valence-electron chi connectivity index (χ0n) is 13.3. The third-order valence-corrected chi connectivity index (χ3v) is 3.37. The van der Waals surface area contributed by atoms with E-state index in [1.165, 1.54) is 5.56 Å². The van der Waals surface area contributed by atoms with E-state index in [4.69, 9.17) is 14.2 Å². The highest BCUT2D eigenvalue weighted by Gasteiger charge is 2.15. The van der Waals surface area contributed by atoms with Crippen LogP contribution in [0.25, 0.3) is 0 Å². The maximum absolute atomic E-state index is 5.66. The number of benzene rings is 1. The van der Waals surface area contributed by atoms with Gasteiger partial charge in [-0.25, -0.2) is 0 Å². The Bertz CT molecular complexity index is 357. The lowest BCUT2D eigenvalue weighted by Gasteiger charge is -2.22. The molecule has 3 heteroatoms. The summed E-state index contributed by atoms with van der Waals surface area (Å²) >= 11 is 0. The molecule has 0 aliphatic heterocycles. The van der Waals surface area contributed by atoms with Gasteiger partial charge in [0, 0.05) is 20.3 Å². The summed E-state index contributed by atoms with van der Waals surface area (Å²) in [7, 11) is 1.74. The lowest BCUT2D eigenvalue weighted by atomic mass is 10.1. The molecule has 20 heavy (non-hydrogen) atoms. The first kappa shape index (κ1) is 17.0. The second-order valence-electron chi connectivity index (χ2n) is 5.69. The smallest absolute Gasteiger partial charge is 0.119 e. The van der Waals surface area contributed by atoms with Gasteiger partial charge in [0.15, 0.2) is 0 Å². The van der Waals surface area contributed by atoms with Crippen LogP contribution in [-0.4, -0.2) is 32.5 Å². The molecule has 0 radical (unpaired) electrons. The summed E-state index contributed by atoms with van der Waals surface area (Å²) in [6.07, 6.45) is 2.96. The number of methoxy groups -OCH3 is 1. The standard InChI is InChI=1S/C17H28O3/c1-15-7-9-16(10-8-15)20-13-6-5-12-19-14-11-17(2,3)18-4/h7-10H,5-6,11-14H2,1-4H3. The number of ether oxygens (including phenoxy) is 3. The summed E-state index contributed by atoms with van der Waals surface area (Å²) < 4.78 is 16.6. The average molecular weight is 280 g/mol. The molecule has 1 rings (SSSR count). The molecule has 0 heterocycles. The molecule has 0 amide bonds. The first-order chi connectivity index (χ1) is 9.53. The van der Waals surface area contributed by atoms with Crippen molar-refractivity contribution in [1.29, 1.82) is 0 Å². The van der Waals surface area contributed by atoms with E-state index in [2.05, 4.69) is 32.9 Å². The van der Waals surface area contributed by atoms with E-state index in [-0.39, 0.29) is 5.60 Å². The molecule has 0 saturated heterocycles. The summed E-state index contributed by atoms with van der Waals surface area (Å²) in [6, 6.07) is 8.16.